The molecule has 0 atom stereocenters. The zero-order valence-corrected chi connectivity index (χ0v) is 14.5. The van der Waals surface area contributed by atoms with E-state index in [-0.39, 0.29) is 26.6 Å². The molecule has 1 aromatic rings. The highest BCUT2D eigenvalue weighted by Gasteiger charge is 2.38. The van der Waals surface area contributed by atoms with Gasteiger partial charge in [0.05, 0.1) is 0 Å². The van der Waals surface area contributed by atoms with Gasteiger partial charge in [0.15, 0.2) is 10.4 Å². The molecule has 0 aliphatic carbocycles. The van der Waals surface area contributed by atoms with Crippen LogP contribution in [-0.4, -0.2) is 32.3 Å². The topological polar surface area (TPSA) is 93.6 Å². The van der Waals surface area contributed by atoms with Crippen molar-refractivity contribution in [1.29, 1.82) is 0 Å². The number of carbonyl (C=O) groups is 1. The largest absolute Gasteiger partial charge is 0.443 e. The van der Waals surface area contributed by atoms with E-state index in [9.17, 15) is 13.2 Å². The highest BCUT2D eigenvalue weighted by molar-refractivity contribution is 9.10. The van der Waals surface area contributed by atoms with Crippen molar-refractivity contribution in [2.24, 2.45) is 10.6 Å². The van der Waals surface area contributed by atoms with Crippen LogP contribution in [0, 0.1) is 5.41 Å². The number of sulfonamides is 1. The van der Waals surface area contributed by atoms with Gasteiger partial charge >= 0.3 is 0 Å². The second-order valence-corrected chi connectivity index (χ2v) is 7.73. The van der Waals surface area contributed by atoms with Crippen molar-refractivity contribution in [2.45, 2.75) is 38.0 Å². The number of rotatable bonds is 4. The minimum atomic E-state index is -3.91. The maximum atomic E-state index is 12.4. The van der Waals surface area contributed by atoms with E-state index < -0.39 is 10.0 Å². The summed E-state index contributed by atoms with van der Waals surface area (Å²) in [6, 6.07) is 1.18. The molecule has 1 saturated heterocycles. The summed E-state index contributed by atoms with van der Waals surface area (Å²) >= 11 is 2.98. The van der Waals surface area contributed by atoms with Crippen LogP contribution in [-0.2, 0) is 10.0 Å². The predicted molar refractivity (Wildman–Crippen MR) is 81.3 cm³/mol. The molecule has 1 aliphatic heterocycles. The highest BCUT2D eigenvalue weighted by Crippen LogP contribution is 2.38. The van der Waals surface area contributed by atoms with Crippen molar-refractivity contribution in [1.82, 2.24) is 4.90 Å². The fourth-order valence-corrected chi connectivity index (χ4v) is 4.25. The smallest absolute Gasteiger partial charge is 0.289 e. The number of nitrogens with two attached hydrogens (primary N) is 1. The first-order chi connectivity index (χ1) is 9.72. The molecule has 8 heteroatoms. The van der Waals surface area contributed by atoms with Crippen molar-refractivity contribution >= 4 is 31.9 Å². The Morgan fingerprint density at radius 3 is 2.52 bits per heavy atom. The van der Waals surface area contributed by atoms with Crippen LogP contribution in [0.2, 0.25) is 0 Å². The summed E-state index contributed by atoms with van der Waals surface area (Å²) in [6.07, 6.45) is 2.98. The van der Waals surface area contributed by atoms with Crippen LogP contribution in [0.25, 0.3) is 0 Å². The quantitative estimate of drug-likeness (QED) is 0.869. The molecule has 1 aromatic heterocycles. The van der Waals surface area contributed by atoms with Gasteiger partial charge in [-0.1, -0.05) is 13.8 Å². The average Bonchev–Trinajstić information content (AvgIpc) is 3.01. The number of nitrogens with zero attached hydrogens (tertiary/aromatic N) is 1. The van der Waals surface area contributed by atoms with E-state index in [4.69, 9.17) is 9.56 Å². The first-order valence-corrected chi connectivity index (χ1v) is 9.18. The Morgan fingerprint density at radius 2 is 2.10 bits per heavy atom. The number of likely N-dealkylation sites (tertiary alicyclic amines) is 1. The van der Waals surface area contributed by atoms with E-state index in [0.29, 0.717) is 13.1 Å². The lowest BCUT2D eigenvalue weighted by Crippen LogP contribution is -2.31. The van der Waals surface area contributed by atoms with Gasteiger partial charge in [0.25, 0.3) is 5.91 Å². The van der Waals surface area contributed by atoms with Crippen molar-refractivity contribution in [3.8, 4) is 0 Å². The fourth-order valence-electron chi connectivity index (χ4n) is 2.74. The molecule has 6 nitrogen and oxygen atoms in total. The van der Waals surface area contributed by atoms with Crippen LogP contribution in [0.4, 0.5) is 0 Å². The molecule has 0 spiro atoms. The van der Waals surface area contributed by atoms with E-state index in [0.717, 1.165) is 19.3 Å². The molecule has 0 aromatic carbocycles. The van der Waals surface area contributed by atoms with Crippen molar-refractivity contribution in [2.75, 3.05) is 13.1 Å². The van der Waals surface area contributed by atoms with Crippen molar-refractivity contribution in [3.63, 3.8) is 0 Å². The van der Waals surface area contributed by atoms with Crippen molar-refractivity contribution in [3.05, 3.63) is 16.5 Å². The third-order valence-corrected chi connectivity index (χ3v) is 6.17. The van der Waals surface area contributed by atoms with Crippen LogP contribution in [0.1, 0.15) is 43.7 Å². The zero-order chi connectivity index (χ0) is 15.8. The molecule has 2 heterocycles. The predicted octanol–water partition coefficient (Wildman–Crippen LogP) is 2.34. The molecule has 21 heavy (non-hydrogen) atoms. The molecular formula is C13H19BrN2O4S. The lowest BCUT2D eigenvalue weighted by Gasteiger charge is -2.25. The third kappa shape index (κ3) is 3.17. The molecule has 0 unspecified atom stereocenters. The van der Waals surface area contributed by atoms with Crippen LogP contribution >= 0.6 is 15.9 Å². The Kier molecular flexibility index (Phi) is 4.51. The average molecular weight is 379 g/mol. The van der Waals surface area contributed by atoms with E-state index >= 15 is 0 Å². The maximum Gasteiger partial charge on any atom is 0.289 e. The Bertz CT molecular complexity index is 649. The minimum absolute atomic E-state index is 0.00564. The van der Waals surface area contributed by atoms with Gasteiger partial charge in [-0.2, -0.15) is 0 Å². The van der Waals surface area contributed by atoms with E-state index in [1.807, 2.05) is 0 Å². The van der Waals surface area contributed by atoms with Crippen LogP contribution < -0.4 is 5.14 Å². The molecule has 1 aliphatic rings. The second-order valence-electron chi connectivity index (χ2n) is 5.48. The number of hydrogen-bond donors (Lipinski definition) is 1. The molecule has 1 fully saturated rings. The van der Waals surface area contributed by atoms with E-state index in [1.165, 1.54) is 6.07 Å². The Hall–Kier alpha value is -0.860. The van der Waals surface area contributed by atoms with E-state index in [2.05, 4.69) is 29.8 Å². The third-order valence-electron chi connectivity index (χ3n) is 4.40. The van der Waals surface area contributed by atoms with E-state index in [1.54, 1.807) is 4.90 Å². The molecule has 2 rings (SSSR count). The minimum Gasteiger partial charge on any atom is -0.443 e. The number of halogens is 1. The van der Waals surface area contributed by atoms with Gasteiger partial charge in [-0.05, 0) is 40.6 Å². The normalized spacial score (nSPS) is 18.2. The Morgan fingerprint density at radius 1 is 1.48 bits per heavy atom. The maximum absolute atomic E-state index is 12.4. The number of amides is 1. The molecule has 0 radical (unpaired) electrons. The van der Waals surface area contributed by atoms with Gasteiger partial charge in [0.1, 0.15) is 4.90 Å². The zero-order valence-electron chi connectivity index (χ0n) is 12.1. The Labute approximate surface area is 132 Å². The summed E-state index contributed by atoms with van der Waals surface area (Å²) in [5.74, 6) is -0.303. The first kappa shape index (κ1) is 16.5. The standard InChI is InChI=1S/C13H19BrN2O4S/c1-3-13(4-2)5-6-16(8-13)12(17)9-7-10(11(14)20-9)21(15,18)19/h7H,3-6,8H2,1-2H3,(H2,15,18,19). The van der Waals surface area contributed by atoms with Gasteiger partial charge < -0.3 is 9.32 Å². The highest BCUT2D eigenvalue weighted by atomic mass is 79.9. The summed E-state index contributed by atoms with van der Waals surface area (Å²) in [5.41, 5.74) is 0.155. The lowest BCUT2D eigenvalue weighted by atomic mass is 9.82. The van der Waals surface area contributed by atoms with Gasteiger partial charge in [-0.25, -0.2) is 13.6 Å². The summed E-state index contributed by atoms with van der Waals surface area (Å²) in [7, 11) is -3.91. The van der Waals surface area contributed by atoms with Crippen LogP contribution in [0.15, 0.2) is 20.0 Å². The van der Waals surface area contributed by atoms with Crippen LogP contribution in [0.3, 0.4) is 0 Å². The fraction of sp³-hybridized carbons (Fsp3) is 0.615. The SMILES string of the molecule is CCC1(CC)CCN(C(=O)c2cc(S(N)(=O)=O)c(Br)o2)C1. The first-order valence-electron chi connectivity index (χ1n) is 6.84. The number of furan rings is 1. The molecular weight excluding hydrogens is 360 g/mol. The molecule has 118 valence electrons. The molecule has 0 saturated carbocycles. The number of hydrogen-bond acceptors (Lipinski definition) is 4. The second kappa shape index (κ2) is 5.73. The summed E-state index contributed by atoms with van der Waals surface area (Å²) in [4.78, 5) is 13.9. The summed E-state index contributed by atoms with van der Waals surface area (Å²) in [6.45, 7) is 5.57. The number of carbonyl (C=O) groups excluding carboxylic acids is 1. The van der Waals surface area contributed by atoms with Gasteiger partial charge in [-0.3, -0.25) is 4.79 Å². The Balaban J connectivity index is 2.23. The summed E-state index contributed by atoms with van der Waals surface area (Å²) in [5, 5.41) is 5.07. The van der Waals surface area contributed by atoms with Crippen LogP contribution in [0.5, 0.6) is 0 Å². The lowest BCUT2D eigenvalue weighted by molar-refractivity contribution is 0.0737. The summed E-state index contributed by atoms with van der Waals surface area (Å²) < 4.78 is 27.9. The molecule has 1 amide bonds. The monoisotopic (exact) mass is 378 g/mol. The van der Waals surface area contributed by atoms with Gasteiger partial charge in [0, 0.05) is 19.2 Å². The van der Waals surface area contributed by atoms with Gasteiger partial charge in [-0.15, -0.1) is 0 Å². The molecule has 2 N–H and O–H groups in total. The van der Waals surface area contributed by atoms with Crippen molar-refractivity contribution < 1.29 is 17.6 Å². The number of primary sulfonamides is 1. The molecule has 0 bridgehead atoms. The van der Waals surface area contributed by atoms with Gasteiger partial charge in [0.2, 0.25) is 10.0 Å².